The van der Waals surface area contributed by atoms with Gasteiger partial charge in [0.1, 0.15) is 0 Å². The zero-order valence-electron chi connectivity index (χ0n) is 11.9. The Morgan fingerprint density at radius 2 is 2.29 bits per heavy atom. The molecule has 2 rings (SSSR count). The molecule has 1 fully saturated rings. The van der Waals surface area contributed by atoms with Crippen molar-refractivity contribution in [3.05, 3.63) is 39.9 Å². The maximum absolute atomic E-state index is 10.8. The highest BCUT2D eigenvalue weighted by molar-refractivity contribution is 6.21. The lowest BCUT2D eigenvalue weighted by Gasteiger charge is -2.36. The first-order chi connectivity index (χ1) is 10.1. The number of nitrogens with zero attached hydrogens (tertiary/aromatic N) is 2. The minimum atomic E-state index is -0.400. The van der Waals surface area contributed by atoms with Crippen LogP contribution in [0.4, 0.5) is 5.69 Å². The van der Waals surface area contributed by atoms with Crippen LogP contribution in [0.2, 0.25) is 0 Å². The molecule has 0 bridgehead atoms. The van der Waals surface area contributed by atoms with E-state index >= 15 is 0 Å². The van der Waals surface area contributed by atoms with Crippen LogP contribution in [0.3, 0.4) is 0 Å². The number of hydrogen-bond acceptors (Lipinski definition) is 4. The number of piperidine rings is 1. The number of rotatable bonds is 6. The van der Waals surface area contributed by atoms with Crippen LogP contribution in [0, 0.1) is 10.1 Å². The highest BCUT2D eigenvalue weighted by Crippen LogP contribution is 2.28. The van der Waals surface area contributed by atoms with Crippen LogP contribution < -0.4 is 0 Å². The second-order valence-electron chi connectivity index (χ2n) is 5.48. The van der Waals surface area contributed by atoms with E-state index in [1.165, 1.54) is 12.5 Å². The summed E-state index contributed by atoms with van der Waals surface area (Å²) in [5, 5.41) is 19.7. The number of benzene rings is 1. The summed E-state index contributed by atoms with van der Waals surface area (Å²) in [6.07, 6.45) is 4.17. The van der Waals surface area contributed by atoms with E-state index in [-0.39, 0.29) is 17.7 Å². The van der Waals surface area contributed by atoms with E-state index in [0.717, 1.165) is 31.4 Å². The van der Waals surface area contributed by atoms with Gasteiger partial charge in [0.25, 0.3) is 5.69 Å². The highest BCUT2D eigenvalue weighted by Gasteiger charge is 2.24. The molecule has 1 heterocycles. The molecule has 1 aromatic carbocycles. The zero-order chi connectivity index (χ0) is 15.2. The van der Waals surface area contributed by atoms with Gasteiger partial charge in [-0.05, 0) is 31.4 Å². The van der Waals surface area contributed by atoms with E-state index in [9.17, 15) is 10.1 Å². The van der Waals surface area contributed by atoms with Gasteiger partial charge in [-0.2, -0.15) is 0 Å². The molecule has 2 unspecified atom stereocenters. The molecule has 1 aliphatic rings. The molecule has 21 heavy (non-hydrogen) atoms. The lowest BCUT2D eigenvalue weighted by molar-refractivity contribution is -0.384. The Labute approximate surface area is 129 Å². The Hall–Kier alpha value is -1.17. The van der Waals surface area contributed by atoms with Gasteiger partial charge in [0.15, 0.2) is 0 Å². The van der Waals surface area contributed by atoms with Gasteiger partial charge in [0.05, 0.1) is 10.3 Å². The predicted octanol–water partition coefficient (Wildman–Crippen LogP) is 3.11. The molecule has 116 valence electrons. The van der Waals surface area contributed by atoms with Crippen molar-refractivity contribution >= 4 is 17.3 Å². The monoisotopic (exact) mass is 312 g/mol. The lowest BCUT2D eigenvalue weighted by Crippen LogP contribution is -2.41. The van der Waals surface area contributed by atoms with E-state index in [2.05, 4.69) is 4.90 Å². The van der Waals surface area contributed by atoms with Crippen LogP contribution in [0.25, 0.3) is 0 Å². The summed E-state index contributed by atoms with van der Waals surface area (Å²) in [6, 6.07) is 6.88. The molecule has 1 aliphatic heterocycles. The Morgan fingerprint density at radius 3 is 3.00 bits per heavy atom. The molecular weight excluding hydrogens is 292 g/mol. The smallest absolute Gasteiger partial charge is 0.269 e. The minimum absolute atomic E-state index is 0.0729. The fraction of sp³-hybridized carbons (Fsp3) is 0.600. The van der Waals surface area contributed by atoms with Crippen LogP contribution in [-0.2, 0) is 0 Å². The average Bonchev–Trinajstić information content (AvgIpc) is 2.49. The molecule has 1 N–H and O–H groups in total. The van der Waals surface area contributed by atoms with E-state index in [1.807, 2.05) is 6.07 Å². The SMILES string of the molecule is O=[N+]([O-])c1cccc(C(Cl)CN2CCCCC2CCO)c1. The summed E-state index contributed by atoms with van der Waals surface area (Å²) in [6.45, 7) is 1.82. The number of nitro groups is 1. The largest absolute Gasteiger partial charge is 0.396 e. The first-order valence-corrected chi connectivity index (χ1v) is 7.79. The number of likely N-dealkylation sites (tertiary alicyclic amines) is 1. The number of aliphatic hydroxyl groups excluding tert-OH is 1. The third-order valence-corrected chi connectivity index (χ3v) is 4.44. The number of nitro benzene ring substituents is 1. The topological polar surface area (TPSA) is 66.6 Å². The van der Waals surface area contributed by atoms with Gasteiger partial charge in [-0.25, -0.2) is 0 Å². The van der Waals surface area contributed by atoms with Crippen molar-refractivity contribution in [2.45, 2.75) is 37.1 Å². The van der Waals surface area contributed by atoms with Crippen molar-refractivity contribution in [1.82, 2.24) is 4.90 Å². The van der Waals surface area contributed by atoms with E-state index < -0.39 is 4.92 Å². The number of alkyl halides is 1. The molecule has 6 heteroatoms. The van der Waals surface area contributed by atoms with Crippen molar-refractivity contribution in [2.75, 3.05) is 19.7 Å². The van der Waals surface area contributed by atoms with E-state index in [1.54, 1.807) is 12.1 Å². The standard InChI is InChI=1S/C15H21ClN2O3/c16-15(12-4-3-6-14(10-12)18(20)21)11-17-8-2-1-5-13(17)7-9-19/h3-4,6,10,13,15,19H,1-2,5,7-9,11H2. The van der Waals surface area contributed by atoms with Gasteiger partial charge in [-0.1, -0.05) is 18.6 Å². The zero-order valence-corrected chi connectivity index (χ0v) is 12.7. The molecule has 0 radical (unpaired) electrons. The summed E-state index contributed by atoms with van der Waals surface area (Å²) in [5.74, 6) is 0. The second kappa shape index (κ2) is 7.73. The molecule has 0 amide bonds. The van der Waals surface area contributed by atoms with Gasteiger partial charge >= 0.3 is 0 Å². The Kier molecular flexibility index (Phi) is 5.96. The van der Waals surface area contributed by atoms with Crippen molar-refractivity contribution < 1.29 is 10.0 Å². The fourth-order valence-electron chi connectivity index (χ4n) is 2.92. The lowest BCUT2D eigenvalue weighted by atomic mass is 9.98. The molecule has 2 atom stereocenters. The molecular formula is C15H21ClN2O3. The molecule has 1 saturated heterocycles. The number of hydrogen-bond donors (Lipinski definition) is 1. The third-order valence-electron chi connectivity index (χ3n) is 4.05. The van der Waals surface area contributed by atoms with E-state index in [4.69, 9.17) is 16.7 Å². The first-order valence-electron chi connectivity index (χ1n) is 7.35. The van der Waals surface area contributed by atoms with Crippen molar-refractivity contribution in [3.8, 4) is 0 Å². The molecule has 1 aromatic rings. The molecule has 5 nitrogen and oxygen atoms in total. The van der Waals surface area contributed by atoms with Crippen LogP contribution in [0.5, 0.6) is 0 Å². The van der Waals surface area contributed by atoms with Crippen molar-refractivity contribution in [1.29, 1.82) is 0 Å². The maximum atomic E-state index is 10.8. The summed E-state index contributed by atoms with van der Waals surface area (Å²) < 4.78 is 0. The molecule has 0 spiro atoms. The summed E-state index contributed by atoms with van der Waals surface area (Å²) in [7, 11) is 0. The second-order valence-corrected chi connectivity index (χ2v) is 6.00. The van der Waals surface area contributed by atoms with E-state index in [0.29, 0.717) is 12.6 Å². The minimum Gasteiger partial charge on any atom is -0.396 e. The number of aliphatic hydroxyl groups is 1. The quantitative estimate of drug-likeness (QED) is 0.498. The van der Waals surface area contributed by atoms with Gasteiger partial charge in [-0.3, -0.25) is 15.0 Å². The summed E-state index contributed by atoms with van der Waals surface area (Å²) in [5.41, 5.74) is 0.850. The Morgan fingerprint density at radius 1 is 1.48 bits per heavy atom. The summed E-state index contributed by atoms with van der Waals surface area (Å²) >= 11 is 6.45. The van der Waals surface area contributed by atoms with Crippen LogP contribution >= 0.6 is 11.6 Å². The van der Waals surface area contributed by atoms with Crippen LogP contribution in [0.15, 0.2) is 24.3 Å². The van der Waals surface area contributed by atoms with Crippen molar-refractivity contribution in [3.63, 3.8) is 0 Å². The molecule has 0 saturated carbocycles. The van der Waals surface area contributed by atoms with Gasteiger partial charge in [-0.15, -0.1) is 11.6 Å². The highest BCUT2D eigenvalue weighted by atomic mass is 35.5. The van der Waals surface area contributed by atoms with Crippen molar-refractivity contribution in [2.24, 2.45) is 0 Å². The summed E-state index contributed by atoms with van der Waals surface area (Å²) in [4.78, 5) is 12.7. The fourth-order valence-corrected chi connectivity index (χ4v) is 3.23. The molecule has 0 aromatic heterocycles. The normalized spacial score (nSPS) is 21.1. The van der Waals surface area contributed by atoms with Crippen LogP contribution in [0.1, 0.15) is 36.6 Å². The Bertz CT molecular complexity index is 482. The predicted molar refractivity (Wildman–Crippen MR) is 82.6 cm³/mol. The Balaban J connectivity index is 2.03. The van der Waals surface area contributed by atoms with Gasteiger partial charge in [0.2, 0.25) is 0 Å². The maximum Gasteiger partial charge on any atom is 0.269 e. The van der Waals surface area contributed by atoms with Crippen LogP contribution in [-0.4, -0.2) is 40.7 Å². The molecule has 0 aliphatic carbocycles. The average molecular weight is 313 g/mol. The van der Waals surface area contributed by atoms with Gasteiger partial charge in [0, 0.05) is 31.3 Å². The third kappa shape index (κ3) is 4.40. The number of non-ortho nitro benzene ring substituents is 1. The number of halogens is 1. The van der Waals surface area contributed by atoms with Gasteiger partial charge < -0.3 is 5.11 Å². The first kappa shape index (κ1) is 16.2.